The molecule has 0 aliphatic rings. The number of hydrogen-bond donors (Lipinski definition) is 4. The Morgan fingerprint density at radius 1 is 1.22 bits per heavy atom. The maximum absolute atomic E-state index is 12.2. The van der Waals surface area contributed by atoms with Crippen LogP contribution in [0.4, 0.5) is 14.5 Å². The summed E-state index contributed by atoms with van der Waals surface area (Å²) < 4.78 is 28.7. The Bertz CT molecular complexity index is 934. The predicted octanol–water partition coefficient (Wildman–Crippen LogP) is 3.11. The average Bonchev–Trinajstić information content (AvgIpc) is 2.75. The number of halogens is 3. The second-order valence-electron chi connectivity index (χ2n) is 6.31. The van der Waals surface area contributed by atoms with E-state index in [2.05, 4.69) is 31.6 Å². The Morgan fingerprint density at radius 2 is 1.94 bits per heavy atom. The summed E-state index contributed by atoms with van der Waals surface area (Å²) in [7, 11) is 0. The summed E-state index contributed by atoms with van der Waals surface area (Å²) in [6, 6.07) is 12.6. The number of anilines is 1. The Balaban J connectivity index is 0.00000512. The van der Waals surface area contributed by atoms with Gasteiger partial charge in [-0.3, -0.25) is 4.79 Å². The molecule has 0 spiro atoms. The molecule has 4 N–H and O–H groups in total. The van der Waals surface area contributed by atoms with Crippen molar-refractivity contribution in [1.82, 2.24) is 10.6 Å². The Labute approximate surface area is 202 Å². The molecule has 0 fully saturated rings. The zero-order valence-electron chi connectivity index (χ0n) is 17.3. The smallest absolute Gasteiger partial charge is 0.387 e. The van der Waals surface area contributed by atoms with Gasteiger partial charge in [-0.1, -0.05) is 24.1 Å². The van der Waals surface area contributed by atoms with E-state index in [1.807, 2.05) is 6.92 Å². The number of aliphatic hydroxyl groups is 1. The van der Waals surface area contributed by atoms with Crippen molar-refractivity contribution >= 4 is 41.5 Å². The van der Waals surface area contributed by atoms with Crippen LogP contribution in [0.3, 0.4) is 0 Å². The zero-order valence-corrected chi connectivity index (χ0v) is 19.7. The average molecular weight is 558 g/mol. The lowest BCUT2D eigenvalue weighted by Gasteiger charge is -2.16. The molecule has 2 aromatic rings. The molecule has 0 aliphatic carbocycles. The Kier molecular flexibility index (Phi) is 12.0. The van der Waals surface area contributed by atoms with Crippen LogP contribution in [0.5, 0.6) is 5.75 Å². The van der Waals surface area contributed by atoms with Gasteiger partial charge in [0, 0.05) is 24.3 Å². The number of ether oxygens (including phenoxy) is 1. The van der Waals surface area contributed by atoms with Gasteiger partial charge in [0.15, 0.2) is 5.96 Å². The van der Waals surface area contributed by atoms with Gasteiger partial charge in [-0.2, -0.15) is 8.78 Å². The van der Waals surface area contributed by atoms with Crippen LogP contribution in [0.25, 0.3) is 0 Å². The number of terminal acetylenes is 1. The highest BCUT2D eigenvalue weighted by atomic mass is 127. The lowest BCUT2D eigenvalue weighted by molar-refractivity contribution is -0.114. The molecule has 0 aliphatic heterocycles. The summed E-state index contributed by atoms with van der Waals surface area (Å²) in [6.07, 6.45) is 4.42. The van der Waals surface area contributed by atoms with Crippen molar-refractivity contribution in [1.29, 1.82) is 0 Å². The van der Waals surface area contributed by atoms with Crippen molar-refractivity contribution in [2.75, 3.05) is 25.0 Å². The van der Waals surface area contributed by atoms with Gasteiger partial charge in [-0.25, -0.2) is 4.99 Å². The molecule has 0 heterocycles. The molecule has 172 valence electrons. The first-order valence-electron chi connectivity index (χ1n) is 9.52. The summed E-state index contributed by atoms with van der Waals surface area (Å²) in [4.78, 5) is 16.3. The first-order valence-corrected chi connectivity index (χ1v) is 9.52. The quantitative estimate of drug-likeness (QED) is 0.164. The number of guanidine groups is 1. The molecule has 0 aromatic heterocycles. The molecule has 10 heteroatoms. The molecule has 0 radical (unpaired) electrons. The number of benzene rings is 2. The number of alkyl halides is 2. The van der Waals surface area contributed by atoms with Crippen LogP contribution in [0.2, 0.25) is 0 Å². The summed E-state index contributed by atoms with van der Waals surface area (Å²) >= 11 is 0. The molecule has 0 bridgehead atoms. The van der Waals surface area contributed by atoms with Gasteiger partial charge >= 0.3 is 6.61 Å². The van der Waals surface area contributed by atoms with Crippen molar-refractivity contribution in [3.05, 3.63) is 59.7 Å². The normalized spacial score (nSPS) is 11.7. The number of carbonyl (C=O) groups is 1. The Morgan fingerprint density at radius 3 is 2.56 bits per heavy atom. The van der Waals surface area contributed by atoms with Crippen LogP contribution in [-0.4, -0.2) is 43.2 Å². The van der Waals surface area contributed by atoms with E-state index in [0.29, 0.717) is 29.3 Å². The number of nitrogens with zero attached hydrogens (tertiary/aromatic N) is 1. The van der Waals surface area contributed by atoms with E-state index in [-0.39, 0.29) is 48.7 Å². The van der Waals surface area contributed by atoms with Crippen molar-refractivity contribution in [3.8, 4) is 18.1 Å². The maximum atomic E-state index is 12.2. The van der Waals surface area contributed by atoms with Gasteiger partial charge in [-0.15, -0.1) is 30.4 Å². The molecule has 1 atom stereocenters. The summed E-state index contributed by atoms with van der Waals surface area (Å²) in [6.45, 7) is -0.554. The third-order valence-corrected chi connectivity index (χ3v) is 3.99. The van der Waals surface area contributed by atoms with Gasteiger partial charge in [0.2, 0.25) is 5.91 Å². The van der Waals surface area contributed by atoms with Gasteiger partial charge in [-0.05, 0) is 42.8 Å². The third kappa shape index (κ3) is 9.49. The van der Waals surface area contributed by atoms with E-state index in [4.69, 9.17) is 6.42 Å². The van der Waals surface area contributed by atoms with Crippen molar-refractivity contribution in [3.63, 3.8) is 0 Å². The van der Waals surface area contributed by atoms with Gasteiger partial charge in [0.1, 0.15) is 12.3 Å². The SMILES string of the molecule is C#Cc1cccc(NC(=O)CN=C(NCC)NCC(O)c2ccc(OC(F)F)cc2)c1.I. The molecule has 2 aromatic carbocycles. The minimum Gasteiger partial charge on any atom is -0.435 e. The van der Waals surface area contributed by atoms with Crippen LogP contribution in [0.15, 0.2) is 53.5 Å². The number of nitrogens with one attached hydrogen (secondary N) is 3. The van der Waals surface area contributed by atoms with Crippen LogP contribution in [-0.2, 0) is 4.79 Å². The van der Waals surface area contributed by atoms with Crippen LogP contribution >= 0.6 is 24.0 Å². The number of carbonyl (C=O) groups excluding carboxylic acids is 1. The van der Waals surface area contributed by atoms with Crippen LogP contribution < -0.4 is 20.7 Å². The molecule has 7 nitrogen and oxygen atoms in total. The molecule has 0 saturated carbocycles. The van der Waals surface area contributed by atoms with E-state index in [1.165, 1.54) is 24.3 Å². The third-order valence-electron chi connectivity index (χ3n) is 3.99. The first-order chi connectivity index (χ1) is 14.9. The number of amides is 1. The predicted molar refractivity (Wildman–Crippen MR) is 130 cm³/mol. The highest BCUT2D eigenvalue weighted by Gasteiger charge is 2.11. The number of aliphatic imine (C=N–C) groups is 1. The minimum absolute atomic E-state index is 0. The fourth-order valence-electron chi connectivity index (χ4n) is 2.56. The van der Waals surface area contributed by atoms with Gasteiger partial charge < -0.3 is 25.8 Å². The number of rotatable bonds is 9. The fraction of sp³-hybridized carbons (Fsp3) is 0.273. The lowest BCUT2D eigenvalue weighted by Crippen LogP contribution is -2.40. The van der Waals surface area contributed by atoms with Crippen molar-refractivity contribution < 1.29 is 23.4 Å². The molecular formula is C22H25F2IN4O3. The minimum atomic E-state index is -2.91. The Hall–Kier alpha value is -2.91. The van der Waals surface area contributed by atoms with Crippen molar-refractivity contribution in [2.45, 2.75) is 19.6 Å². The molecule has 32 heavy (non-hydrogen) atoms. The molecule has 2 rings (SSSR count). The molecule has 0 saturated heterocycles. The van der Waals surface area contributed by atoms with Gasteiger partial charge in [0.05, 0.1) is 6.10 Å². The number of aliphatic hydroxyl groups excluding tert-OH is 1. The van der Waals surface area contributed by atoms with Crippen LogP contribution in [0.1, 0.15) is 24.2 Å². The fourth-order valence-corrected chi connectivity index (χ4v) is 2.56. The lowest BCUT2D eigenvalue weighted by atomic mass is 10.1. The van der Waals surface area contributed by atoms with Crippen LogP contribution in [0, 0.1) is 12.3 Å². The summed E-state index contributed by atoms with van der Waals surface area (Å²) in [5.74, 6) is 2.51. The summed E-state index contributed by atoms with van der Waals surface area (Å²) in [5, 5.41) is 18.9. The summed E-state index contributed by atoms with van der Waals surface area (Å²) in [5.41, 5.74) is 1.73. The van der Waals surface area contributed by atoms with E-state index in [9.17, 15) is 18.7 Å². The molecule has 1 unspecified atom stereocenters. The molecule has 1 amide bonds. The highest BCUT2D eigenvalue weighted by Crippen LogP contribution is 2.19. The largest absolute Gasteiger partial charge is 0.435 e. The van der Waals surface area contributed by atoms with E-state index in [0.717, 1.165) is 0 Å². The standard InChI is InChI=1S/C22H24F2N4O3.HI/c1-3-15-6-5-7-17(12-15)28-20(30)14-27-22(25-4-2)26-13-19(29)16-8-10-18(11-9-16)31-21(23)24;/h1,5-12,19,21,29H,4,13-14H2,2H3,(H,28,30)(H2,25,26,27);1H. The number of hydrogen-bond acceptors (Lipinski definition) is 4. The van der Waals surface area contributed by atoms with E-state index >= 15 is 0 Å². The van der Waals surface area contributed by atoms with E-state index in [1.54, 1.807) is 24.3 Å². The van der Waals surface area contributed by atoms with E-state index < -0.39 is 12.7 Å². The topological polar surface area (TPSA) is 95.0 Å². The second-order valence-corrected chi connectivity index (χ2v) is 6.31. The highest BCUT2D eigenvalue weighted by molar-refractivity contribution is 14.0. The first kappa shape index (κ1) is 27.1. The maximum Gasteiger partial charge on any atom is 0.387 e. The monoisotopic (exact) mass is 558 g/mol. The second kappa shape index (κ2) is 14.2. The van der Waals surface area contributed by atoms with Gasteiger partial charge in [0.25, 0.3) is 0 Å². The molecular weight excluding hydrogens is 533 g/mol. The van der Waals surface area contributed by atoms with Crippen molar-refractivity contribution in [2.24, 2.45) is 4.99 Å². The zero-order chi connectivity index (χ0) is 22.6.